The van der Waals surface area contributed by atoms with Gasteiger partial charge in [0.05, 0.1) is 5.56 Å². The Hall–Kier alpha value is -1.88. The normalized spacial score (nSPS) is 16.0. The minimum absolute atomic E-state index is 0.0101. The van der Waals surface area contributed by atoms with Gasteiger partial charge in [-0.1, -0.05) is 30.7 Å². The highest BCUT2D eigenvalue weighted by Crippen LogP contribution is 2.45. The van der Waals surface area contributed by atoms with Gasteiger partial charge in [-0.3, -0.25) is 14.3 Å². The van der Waals surface area contributed by atoms with Crippen LogP contribution in [0.4, 0.5) is 4.39 Å². The molecule has 1 saturated carbocycles. The van der Waals surface area contributed by atoms with E-state index >= 15 is 0 Å². The van der Waals surface area contributed by atoms with Gasteiger partial charge in [-0.2, -0.15) is 0 Å². The number of nitrogens with one attached hydrogen (secondary N) is 1. The zero-order valence-electron chi connectivity index (χ0n) is 11.5. The van der Waals surface area contributed by atoms with Crippen molar-refractivity contribution in [3.8, 4) is 11.1 Å². The molecule has 1 N–H and O–H groups in total. The lowest BCUT2D eigenvalue weighted by Crippen LogP contribution is -2.38. The summed E-state index contributed by atoms with van der Waals surface area (Å²) in [5, 5.41) is -0.0622. The zero-order valence-corrected chi connectivity index (χ0v) is 12.2. The van der Waals surface area contributed by atoms with Crippen molar-refractivity contribution < 1.29 is 4.39 Å². The summed E-state index contributed by atoms with van der Waals surface area (Å²) in [7, 11) is 0. The van der Waals surface area contributed by atoms with Crippen molar-refractivity contribution >= 4 is 11.6 Å². The summed E-state index contributed by atoms with van der Waals surface area (Å²) in [4.78, 5) is 27.0. The van der Waals surface area contributed by atoms with E-state index in [1.54, 1.807) is 6.07 Å². The SMILES string of the molecule is CC1(Cn2c(=O)[nH]c(Cl)c(-c3cccc(F)c3)c2=O)CC1. The summed E-state index contributed by atoms with van der Waals surface area (Å²) in [6.45, 7) is 2.37. The van der Waals surface area contributed by atoms with Crippen LogP contribution in [-0.4, -0.2) is 9.55 Å². The van der Waals surface area contributed by atoms with Crippen molar-refractivity contribution in [1.29, 1.82) is 0 Å². The highest BCUT2D eigenvalue weighted by molar-refractivity contribution is 6.32. The third-order valence-electron chi connectivity index (χ3n) is 3.90. The number of aromatic amines is 1. The minimum atomic E-state index is -0.529. The van der Waals surface area contributed by atoms with Crippen molar-refractivity contribution in [2.45, 2.75) is 26.3 Å². The fraction of sp³-hybridized carbons (Fsp3) is 0.333. The number of nitrogens with zero attached hydrogens (tertiary/aromatic N) is 1. The average Bonchev–Trinajstić information content (AvgIpc) is 3.13. The zero-order chi connectivity index (χ0) is 15.2. The Balaban J connectivity index is 2.19. The molecule has 0 spiro atoms. The number of benzene rings is 1. The molecule has 4 nitrogen and oxygen atoms in total. The third kappa shape index (κ3) is 2.65. The van der Waals surface area contributed by atoms with Crippen molar-refractivity contribution in [3.63, 3.8) is 0 Å². The van der Waals surface area contributed by atoms with Gasteiger partial charge in [0.25, 0.3) is 5.56 Å². The molecule has 1 aliphatic carbocycles. The van der Waals surface area contributed by atoms with Crippen LogP contribution in [0.5, 0.6) is 0 Å². The van der Waals surface area contributed by atoms with Crippen LogP contribution in [-0.2, 0) is 6.54 Å². The molecule has 6 heteroatoms. The summed E-state index contributed by atoms with van der Waals surface area (Å²) < 4.78 is 14.5. The summed E-state index contributed by atoms with van der Waals surface area (Å²) in [5.41, 5.74) is -0.541. The van der Waals surface area contributed by atoms with Gasteiger partial charge in [0.2, 0.25) is 0 Å². The second-order valence-electron chi connectivity index (χ2n) is 5.83. The number of hydrogen-bond donors (Lipinski definition) is 1. The Bertz CT molecular complexity index is 821. The maximum atomic E-state index is 13.4. The molecule has 0 atom stereocenters. The quantitative estimate of drug-likeness (QED) is 0.886. The Morgan fingerprint density at radius 1 is 1.38 bits per heavy atom. The number of rotatable bonds is 3. The standard InChI is InChI=1S/C15H14ClFN2O2/c1-15(5-6-15)8-19-13(20)11(12(16)18-14(19)21)9-3-2-4-10(17)7-9/h2-4,7H,5-6,8H2,1H3,(H,18,21). The molecule has 21 heavy (non-hydrogen) atoms. The average molecular weight is 309 g/mol. The van der Waals surface area contributed by atoms with Gasteiger partial charge in [-0.05, 0) is 36.0 Å². The van der Waals surface area contributed by atoms with Gasteiger partial charge < -0.3 is 0 Å². The van der Waals surface area contributed by atoms with E-state index < -0.39 is 17.1 Å². The number of halogens is 2. The van der Waals surface area contributed by atoms with Crippen molar-refractivity contribution in [1.82, 2.24) is 9.55 Å². The Kier molecular flexibility index (Phi) is 3.24. The summed E-state index contributed by atoms with van der Waals surface area (Å²) in [5.74, 6) is -0.463. The van der Waals surface area contributed by atoms with Crippen LogP contribution in [0.1, 0.15) is 19.8 Å². The van der Waals surface area contributed by atoms with Gasteiger partial charge in [0.15, 0.2) is 0 Å². The van der Waals surface area contributed by atoms with E-state index in [9.17, 15) is 14.0 Å². The third-order valence-corrected chi connectivity index (χ3v) is 4.18. The van der Waals surface area contributed by atoms with Crippen molar-refractivity contribution in [2.75, 3.05) is 0 Å². The fourth-order valence-electron chi connectivity index (χ4n) is 2.34. The topological polar surface area (TPSA) is 54.9 Å². The molecule has 1 aliphatic rings. The molecule has 0 radical (unpaired) electrons. The molecular weight excluding hydrogens is 295 g/mol. The Morgan fingerprint density at radius 2 is 2.10 bits per heavy atom. The first-order chi connectivity index (χ1) is 9.89. The molecule has 1 heterocycles. The monoisotopic (exact) mass is 308 g/mol. The van der Waals surface area contributed by atoms with E-state index in [-0.39, 0.29) is 16.1 Å². The van der Waals surface area contributed by atoms with Crippen molar-refractivity contribution in [3.05, 3.63) is 56.1 Å². The van der Waals surface area contributed by atoms with E-state index in [1.165, 1.54) is 18.2 Å². The predicted octanol–water partition coefficient (Wildman–Crippen LogP) is 2.80. The smallest absolute Gasteiger partial charge is 0.297 e. The molecule has 1 fully saturated rings. The molecule has 2 aromatic rings. The highest BCUT2D eigenvalue weighted by Gasteiger charge is 2.38. The van der Waals surface area contributed by atoms with Crippen molar-refractivity contribution in [2.24, 2.45) is 5.41 Å². The van der Waals surface area contributed by atoms with Gasteiger partial charge >= 0.3 is 5.69 Å². The second-order valence-corrected chi connectivity index (χ2v) is 6.21. The molecule has 0 bridgehead atoms. The first kappa shape index (κ1) is 14.1. The molecule has 0 amide bonds. The molecule has 110 valence electrons. The molecule has 0 unspecified atom stereocenters. The van der Waals surface area contributed by atoms with E-state index in [0.717, 1.165) is 17.4 Å². The summed E-state index contributed by atoms with van der Waals surface area (Å²) >= 11 is 5.99. The number of hydrogen-bond acceptors (Lipinski definition) is 2. The molecule has 1 aromatic carbocycles. The predicted molar refractivity (Wildman–Crippen MR) is 79.1 cm³/mol. The number of aromatic nitrogens is 2. The molecule has 0 aliphatic heterocycles. The van der Waals surface area contributed by atoms with E-state index in [4.69, 9.17) is 11.6 Å². The number of H-pyrrole nitrogens is 1. The fourth-order valence-corrected chi connectivity index (χ4v) is 2.61. The summed E-state index contributed by atoms with van der Waals surface area (Å²) in [6.07, 6.45) is 1.97. The van der Waals surface area contributed by atoms with Crippen LogP contribution < -0.4 is 11.2 Å². The lowest BCUT2D eigenvalue weighted by molar-refractivity contribution is 0.441. The van der Waals surface area contributed by atoms with Gasteiger partial charge in [0, 0.05) is 6.54 Å². The van der Waals surface area contributed by atoms with Crippen LogP contribution in [0.3, 0.4) is 0 Å². The first-order valence-electron chi connectivity index (χ1n) is 6.68. The highest BCUT2D eigenvalue weighted by atomic mass is 35.5. The lowest BCUT2D eigenvalue weighted by Gasteiger charge is -2.12. The second kappa shape index (κ2) is 4.84. The van der Waals surface area contributed by atoms with Crippen LogP contribution in [0, 0.1) is 11.2 Å². The largest absolute Gasteiger partial charge is 0.329 e. The first-order valence-corrected chi connectivity index (χ1v) is 7.06. The molecule has 1 aromatic heterocycles. The van der Waals surface area contributed by atoms with Crippen LogP contribution >= 0.6 is 11.6 Å². The van der Waals surface area contributed by atoms with Gasteiger partial charge in [-0.25, -0.2) is 9.18 Å². The lowest BCUT2D eigenvalue weighted by atomic mass is 10.1. The molecule has 3 rings (SSSR count). The maximum Gasteiger partial charge on any atom is 0.329 e. The van der Waals surface area contributed by atoms with E-state index in [2.05, 4.69) is 4.98 Å². The molecular formula is C15H14ClFN2O2. The van der Waals surface area contributed by atoms with E-state index in [0.29, 0.717) is 12.1 Å². The van der Waals surface area contributed by atoms with Gasteiger partial charge in [0.1, 0.15) is 11.0 Å². The van der Waals surface area contributed by atoms with Crippen LogP contribution in [0.25, 0.3) is 11.1 Å². The van der Waals surface area contributed by atoms with Crippen LogP contribution in [0.2, 0.25) is 5.15 Å². The maximum absolute atomic E-state index is 13.4. The summed E-state index contributed by atoms with van der Waals surface area (Å²) in [6, 6.07) is 5.60. The Labute approximate surface area is 125 Å². The Morgan fingerprint density at radius 3 is 2.71 bits per heavy atom. The van der Waals surface area contributed by atoms with Crippen LogP contribution in [0.15, 0.2) is 33.9 Å². The molecule has 0 saturated heterocycles. The van der Waals surface area contributed by atoms with E-state index in [1.807, 2.05) is 6.92 Å². The minimum Gasteiger partial charge on any atom is -0.297 e. The van der Waals surface area contributed by atoms with Gasteiger partial charge in [-0.15, -0.1) is 0 Å².